The second kappa shape index (κ2) is 5.74. The van der Waals surface area contributed by atoms with E-state index >= 15 is 0 Å². The second-order valence-corrected chi connectivity index (χ2v) is 7.97. The van der Waals surface area contributed by atoms with Crippen molar-refractivity contribution in [1.29, 1.82) is 0 Å². The summed E-state index contributed by atoms with van der Waals surface area (Å²) in [6, 6.07) is 37.2. The maximum Gasteiger partial charge on any atom is 0.0547 e. The summed E-state index contributed by atoms with van der Waals surface area (Å²) >= 11 is 0. The first-order valence-corrected chi connectivity index (χ1v) is 10.3. The van der Waals surface area contributed by atoms with Crippen molar-refractivity contribution in [2.75, 3.05) is 0 Å². The number of fused-ring (bicyclic) bond motifs is 7. The molecule has 2 nitrogen and oxygen atoms in total. The van der Waals surface area contributed by atoms with Crippen LogP contribution in [0.2, 0.25) is 0 Å². The summed E-state index contributed by atoms with van der Waals surface area (Å²) in [5.74, 6) is 0. The molecule has 0 atom stereocenters. The van der Waals surface area contributed by atoms with E-state index < -0.39 is 0 Å². The molecule has 0 saturated carbocycles. The maximum atomic E-state index is 3.59. The molecular weight excluding hydrogens is 364 g/mol. The molecule has 5 aromatic carbocycles. The molecule has 2 aromatic heterocycles. The van der Waals surface area contributed by atoms with E-state index in [9.17, 15) is 0 Å². The maximum absolute atomic E-state index is 3.59. The molecular formula is C28H18N2. The highest BCUT2D eigenvalue weighted by atomic mass is 15.0. The van der Waals surface area contributed by atoms with Gasteiger partial charge in [0.2, 0.25) is 0 Å². The van der Waals surface area contributed by atoms with E-state index in [4.69, 9.17) is 0 Å². The van der Waals surface area contributed by atoms with Crippen LogP contribution in [0.25, 0.3) is 60.1 Å². The molecule has 2 heteroatoms. The molecule has 7 aromatic rings. The molecule has 1 N–H and O–H groups in total. The molecule has 0 radical (unpaired) electrons. The molecule has 0 spiro atoms. The normalized spacial score (nSPS) is 12.0. The van der Waals surface area contributed by atoms with Gasteiger partial charge in [-0.3, -0.25) is 0 Å². The standard InChI is InChI=1S/C28H18N2/c1-2-8-19-16-28-24(15-18(19)7-1)23-10-4-6-12-27(23)30(28)20-13-14-22-21-9-3-5-11-25(21)29-26(22)17-20/h1-17,29H. The Kier molecular flexibility index (Phi) is 3.03. The van der Waals surface area contributed by atoms with Gasteiger partial charge in [-0.25, -0.2) is 0 Å². The molecule has 0 aliphatic rings. The van der Waals surface area contributed by atoms with Crippen molar-refractivity contribution in [1.82, 2.24) is 9.55 Å². The number of nitrogens with one attached hydrogen (secondary N) is 1. The number of hydrogen-bond acceptors (Lipinski definition) is 0. The van der Waals surface area contributed by atoms with E-state index in [2.05, 4.69) is 113 Å². The fraction of sp³-hybridized carbons (Fsp3) is 0. The zero-order chi connectivity index (χ0) is 19.7. The lowest BCUT2D eigenvalue weighted by molar-refractivity contribution is 1.19. The lowest BCUT2D eigenvalue weighted by Crippen LogP contribution is -1.93. The summed E-state index contributed by atoms with van der Waals surface area (Å²) in [4.78, 5) is 3.59. The molecule has 2 heterocycles. The quantitative estimate of drug-likeness (QED) is 0.302. The van der Waals surface area contributed by atoms with Gasteiger partial charge in [-0.15, -0.1) is 0 Å². The Balaban J connectivity index is 1.61. The third kappa shape index (κ3) is 2.08. The van der Waals surface area contributed by atoms with E-state index in [1.807, 2.05) is 0 Å². The van der Waals surface area contributed by atoms with Crippen LogP contribution in [0.3, 0.4) is 0 Å². The molecule has 7 rings (SSSR count). The molecule has 140 valence electrons. The molecule has 0 saturated heterocycles. The molecule has 30 heavy (non-hydrogen) atoms. The Morgan fingerprint density at radius 3 is 2.07 bits per heavy atom. The zero-order valence-electron chi connectivity index (χ0n) is 16.3. The minimum atomic E-state index is 1.17. The number of nitrogens with zero attached hydrogens (tertiary/aromatic N) is 1. The number of H-pyrrole nitrogens is 1. The summed E-state index contributed by atoms with van der Waals surface area (Å²) in [6.45, 7) is 0. The van der Waals surface area contributed by atoms with E-state index in [1.165, 1.54) is 60.1 Å². The van der Waals surface area contributed by atoms with Crippen molar-refractivity contribution in [3.05, 3.63) is 103 Å². The number of aromatic nitrogens is 2. The first kappa shape index (κ1) is 15.8. The fourth-order valence-corrected chi connectivity index (χ4v) is 4.92. The summed E-state index contributed by atoms with van der Waals surface area (Å²) in [7, 11) is 0. The van der Waals surface area contributed by atoms with Gasteiger partial charge in [0.25, 0.3) is 0 Å². The van der Waals surface area contributed by atoms with Gasteiger partial charge >= 0.3 is 0 Å². The van der Waals surface area contributed by atoms with Gasteiger partial charge < -0.3 is 9.55 Å². The van der Waals surface area contributed by atoms with Crippen molar-refractivity contribution in [3.8, 4) is 5.69 Å². The van der Waals surface area contributed by atoms with Crippen molar-refractivity contribution in [2.24, 2.45) is 0 Å². The third-order valence-corrected chi connectivity index (χ3v) is 6.29. The highest BCUT2D eigenvalue weighted by molar-refractivity contribution is 6.14. The molecule has 0 fully saturated rings. The Morgan fingerprint density at radius 1 is 0.467 bits per heavy atom. The Morgan fingerprint density at radius 2 is 1.17 bits per heavy atom. The largest absolute Gasteiger partial charge is 0.354 e. The van der Waals surface area contributed by atoms with Crippen LogP contribution in [0.5, 0.6) is 0 Å². The fourth-order valence-electron chi connectivity index (χ4n) is 4.92. The summed E-state index contributed by atoms with van der Waals surface area (Å²) in [6.07, 6.45) is 0. The molecule has 0 aliphatic carbocycles. The van der Waals surface area contributed by atoms with Crippen molar-refractivity contribution < 1.29 is 0 Å². The van der Waals surface area contributed by atoms with Crippen molar-refractivity contribution >= 4 is 54.4 Å². The average molecular weight is 382 g/mol. The average Bonchev–Trinajstić information content (AvgIpc) is 3.32. The predicted molar refractivity (Wildman–Crippen MR) is 128 cm³/mol. The molecule has 0 bridgehead atoms. The smallest absolute Gasteiger partial charge is 0.0547 e. The predicted octanol–water partition coefficient (Wildman–Crippen LogP) is 7.57. The van der Waals surface area contributed by atoms with Gasteiger partial charge in [-0.2, -0.15) is 0 Å². The van der Waals surface area contributed by atoms with Crippen LogP contribution in [-0.2, 0) is 0 Å². The number of aromatic amines is 1. The zero-order valence-corrected chi connectivity index (χ0v) is 16.3. The highest BCUT2D eigenvalue weighted by Crippen LogP contribution is 2.36. The Labute approximate surface area is 173 Å². The van der Waals surface area contributed by atoms with Gasteiger partial charge in [0, 0.05) is 38.3 Å². The SMILES string of the molecule is c1ccc2cc3c(cc2c1)c1ccccc1n3-c1ccc2c(c1)[nH]c1ccccc12. The topological polar surface area (TPSA) is 20.7 Å². The minimum Gasteiger partial charge on any atom is -0.354 e. The van der Waals surface area contributed by atoms with Crippen LogP contribution in [0.4, 0.5) is 0 Å². The lowest BCUT2D eigenvalue weighted by Gasteiger charge is -2.09. The summed E-state index contributed by atoms with van der Waals surface area (Å²) < 4.78 is 2.39. The van der Waals surface area contributed by atoms with Crippen molar-refractivity contribution in [2.45, 2.75) is 0 Å². The van der Waals surface area contributed by atoms with E-state index in [-0.39, 0.29) is 0 Å². The van der Waals surface area contributed by atoms with Crippen LogP contribution < -0.4 is 0 Å². The van der Waals surface area contributed by atoms with Crippen LogP contribution in [0.15, 0.2) is 103 Å². The van der Waals surface area contributed by atoms with E-state index in [0.717, 1.165) is 0 Å². The Bertz CT molecular complexity index is 1750. The van der Waals surface area contributed by atoms with Gasteiger partial charge in [-0.1, -0.05) is 66.7 Å². The van der Waals surface area contributed by atoms with Gasteiger partial charge in [-0.05, 0) is 47.2 Å². The van der Waals surface area contributed by atoms with Crippen LogP contribution in [0, 0.1) is 0 Å². The van der Waals surface area contributed by atoms with Gasteiger partial charge in [0.1, 0.15) is 0 Å². The number of hydrogen-bond donors (Lipinski definition) is 1. The summed E-state index contributed by atoms with van der Waals surface area (Å²) in [5.41, 5.74) is 6.00. The van der Waals surface area contributed by atoms with Gasteiger partial charge in [0.15, 0.2) is 0 Å². The van der Waals surface area contributed by atoms with E-state index in [0.29, 0.717) is 0 Å². The molecule has 0 unspecified atom stereocenters. The van der Waals surface area contributed by atoms with E-state index in [1.54, 1.807) is 0 Å². The van der Waals surface area contributed by atoms with Crippen LogP contribution >= 0.6 is 0 Å². The Hall–Kier alpha value is -4.04. The molecule has 0 amide bonds. The second-order valence-electron chi connectivity index (χ2n) is 7.97. The first-order valence-electron chi connectivity index (χ1n) is 10.3. The third-order valence-electron chi connectivity index (χ3n) is 6.29. The number of benzene rings is 5. The van der Waals surface area contributed by atoms with Crippen LogP contribution in [-0.4, -0.2) is 9.55 Å². The molecule has 0 aliphatic heterocycles. The van der Waals surface area contributed by atoms with Crippen molar-refractivity contribution in [3.63, 3.8) is 0 Å². The first-order chi connectivity index (χ1) is 14.9. The monoisotopic (exact) mass is 382 g/mol. The highest BCUT2D eigenvalue weighted by Gasteiger charge is 2.14. The number of rotatable bonds is 1. The van der Waals surface area contributed by atoms with Gasteiger partial charge in [0.05, 0.1) is 11.0 Å². The van der Waals surface area contributed by atoms with Crippen LogP contribution in [0.1, 0.15) is 0 Å². The number of para-hydroxylation sites is 2. The summed E-state index contributed by atoms with van der Waals surface area (Å²) in [5, 5.41) is 7.66. The minimum absolute atomic E-state index is 1.17. The lowest BCUT2D eigenvalue weighted by atomic mass is 10.1.